The van der Waals surface area contributed by atoms with Gasteiger partial charge in [0.15, 0.2) is 0 Å². The second kappa shape index (κ2) is 3.72. The predicted octanol–water partition coefficient (Wildman–Crippen LogP) is 1.55. The highest BCUT2D eigenvalue weighted by molar-refractivity contribution is 6.30. The summed E-state index contributed by atoms with van der Waals surface area (Å²) in [6.45, 7) is 0. The van der Waals surface area contributed by atoms with Gasteiger partial charge in [0.2, 0.25) is 0 Å². The van der Waals surface area contributed by atoms with Gasteiger partial charge >= 0.3 is 0 Å². The standard InChI is InChI=1S/C8H10ClNO/c1-10-8(11)6-2-4-7(9)5-3-6/h2-5,8,10-11H,1H3. The Morgan fingerprint density at radius 2 is 1.91 bits per heavy atom. The maximum absolute atomic E-state index is 9.27. The molecule has 0 aliphatic heterocycles. The van der Waals surface area contributed by atoms with E-state index >= 15 is 0 Å². The van der Waals surface area contributed by atoms with Gasteiger partial charge in [-0.1, -0.05) is 23.7 Å². The van der Waals surface area contributed by atoms with Crippen molar-refractivity contribution in [2.45, 2.75) is 6.23 Å². The van der Waals surface area contributed by atoms with Gasteiger partial charge in [-0.3, -0.25) is 5.32 Å². The molecular weight excluding hydrogens is 162 g/mol. The number of benzene rings is 1. The molecule has 0 saturated carbocycles. The van der Waals surface area contributed by atoms with Crippen LogP contribution in [0.2, 0.25) is 5.02 Å². The molecule has 60 valence electrons. The summed E-state index contributed by atoms with van der Waals surface area (Å²) < 4.78 is 0. The van der Waals surface area contributed by atoms with Crippen molar-refractivity contribution in [3.63, 3.8) is 0 Å². The van der Waals surface area contributed by atoms with Gasteiger partial charge in [-0.2, -0.15) is 0 Å². The van der Waals surface area contributed by atoms with Crippen LogP contribution < -0.4 is 5.32 Å². The molecule has 11 heavy (non-hydrogen) atoms. The second-order valence-corrected chi connectivity index (χ2v) is 2.68. The minimum atomic E-state index is -0.604. The van der Waals surface area contributed by atoms with E-state index in [4.69, 9.17) is 11.6 Å². The van der Waals surface area contributed by atoms with Gasteiger partial charge in [0.1, 0.15) is 6.23 Å². The molecule has 0 aliphatic carbocycles. The summed E-state index contributed by atoms with van der Waals surface area (Å²) in [5.74, 6) is 0. The zero-order valence-corrected chi connectivity index (χ0v) is 6.97. The fraction of sp³-hybridized carbons (Fsp3) is 0.250. The van der Waals surface area contributed by atoms with E-state index in [1.165, 1.54) is 0 Å². The molecule has 0 spiro atoms. The first kappa shape index (κ1) is 8.53. The van der Waals surface area contributed by atoms with Crippen LogP contribution in [0.1, 0.15) is 11.8 Å². The van der Waals surface area contributed by atoms with Gasteiger partial charge in [-0.15, -0.1) is 0 Å². The van der Waals surface area contributed by atoms with Crippen LogP contribution in [-0.2, 0) is 0 Å². The summed E-state index contributed by atoms with van der Waals surface area (Å²) in [5.41, 5.74) is 0.817. The van der Waals surface area contributed by atoms with E-state index in [1.807, 2.05) is 0 Å². The lowest BCUT2D eigenvalue weighted by Crippen LogP contribution is -2.14. The van der Waals surface area contributed by atoms with Crippen LogP contribution in [0.4, 0.5) is 0 Å². The Morgan fingerprint density at radius 1 is 1.36 bits per heavy atom. The maximum atomic E-state index is 9.27. The lowest BCUT2D eigenvalue weighted by atomic mass is 10.2. The molecule has 3 heteroatoms. The average Bonchev–Trinajstić information content (AvgIpc) is 2.05. The number of nitrogens with one attached hydrogen (secondary N) is 1. The molecule has 2 N–H and O–H groups in total. The van der Waals surface area contributed by atoms with Crippen molar-refractivity contribution in [2.75, 3.05) is 7.05 Å². The number of hydrogen-bond donors (Lipinski definition) is 2. The molecule has 0 bridgehead atoms. The fourth-order valence-corrected chi connectivity index (χ4v) is 0.938. The minimum Gasteiger partial charge on any atom is -0.374 e. The third-order valence-electron chi connectivity index (χ3n) is 1.46. The van der Waals surface area contributed by atoms with E-state index in [0.717, 1.165) is 5.56 Å². The molecular formula is C8H10ClNO. The summed E-state index contributed by atoms with van der Waals surface area (Å²) in [5, 5.41) is 12.7. The highest BCUT2D eigenvalue weighted by atomic mass is 35.5. The topological polar surface area (TPSA) is 32.3 Å². The Labute approximate surface area is 70.8 Å². The molecule has 1 rings (SSSR count). The maximum Gasteiger partial charge on any atom is 0.130 e. The average molecular weight is 172 g/mol. The second-order valence-electron chi connectivity index (χ2n) is 2.24. The van der Waals surface area contributed by atoms with Gasteiger partial charge in [0.25, 0.3) is 0 Å². The van der Waals surface area contributed by atoms with Crippen LogP contribution in [0.3, 0.4) is 0 Å². The summed E-state index contributed by atoms with van der Waals surface area (Å²) in [7, 11) is 1.69. The number of rotatable bonds is 2. The van der Waals surface area contributed by atoms with Gasteiger partial charge in [0, 0.05) is 5.02 Å². The quantitative estimate of drug-likeness (QED) is 0.662. The van der Waals surface area contributed by atoms with Crippen molar-refractivity contribution in [1.82, 2.24) is 5.32 Å². The largest absolute Gasteiger partial charge is 0.374 e. The minimum absolute atomic E-state index is 0.604. The first-order valence-corrected chi connectivity index (χ1v) is 3.72. The molecule has 0 heterocycles. The van der Waals surface area contributed by atoms with Crippen LogP contribution in [0.5, 0.6) is 0 Å². The molecule has 0 aromatic heterocycles. The third-order valence-corrected chi connectivity index (χ3v) is 1.71. The Bertz CT molecular complexity index is 222. The lowest BCUT2D eigenvalue weighted by molar-refractivity contribution is 0.149. The highest BCUT2D eigenvalue weighted by Gasteiger charge is 2.01. The van der Waals surface area contributed by atoms with Gasteiger partial charge < -0.3 is 5.11 Å². The van der Waals surface area contributed by atoms with E-state index in [-0.39, 0.29) is 0 Å². The van der Waals surface area contributed by atoms with E-state index in [0.29, 0.717) is 5.02 Å². The SMILES string of the molecule is CNC(O)c1ccc(Cl)cc1. The molecule has 0 aliphatic rings. The molecule has 1 aromatic carbocycles. The molecule has 0 saturated heterocycles. The van der Waals surface area contributed by atoms with Gasteiger partial charge in [-0.25, -0.2) is 0 Å². The Hall–Kier alpha value is -0.570. The highest BCUT2D eigenvalue weighted by Crippen LogP contribution is 2.13. The number of aliphatic hydroxyl groups excluding tert-OH is 1. The van der Waals surface area contributed by atoms with Gasteiger partial charge in [-0.05, 0) is 24.7 Å². The van der Waals surface area contributed by atoms with E-state index in [2.05, 4.69) is 5.32 Å². The predicted molar refractivity (Wildman–Crippen MR) is 45.5 cm³/mol. The molecule has 0 amide bonds. The lowest BCUT2D eigenvalue weighted by Gasteiger charge is -2.08. The van der Waals surface area contributed by atoms with Crippen molar-refractivity contribution in [3.8, 4) is 0 Å². The summed E-state index contributed by atoms with van der Waals surface area (Å²) >= 11 is 5.66. The number of halogens is 1. The smallest absolute Gasteiger partial charge is 0.130 e. The van der Waals surface area contributed by atoms with Crippen LogP contribution in [-0.4, -0.2) is 12.2 Å². The zero-order chi connectivity index (χ0) is 8.27. The molecule has 1 aromatic rings. The number of hydrogen-bond acceptors (Lipinski definition) is 2. The van der Waals surface area contributed by atoms with E-state index in [9.17, 15) is 5.11 Å². The Morgan fingerprint density at radius 3 is 2.36 bits per heavy atom. The number of aliphatic hydroxyl groups is 1. The molecule has 0 radical (unpaired) electrons. The van der Waals surface area contributed by atoms with Crippen LogP contribution in [0.25, 0.3) is 0 Å². The fourth-order valence-electron chi connectivity index (χ4n) is 0.812. The van der Waals surface area contributed by atoms with Crippen LogP contribution in [0, 0.1) is 0 Å². The Balaban J connectivity index is 2.81. The normalized spacial score (nSPS) is 13.0. The molecule has 0 fully saturated rings. The van der Waals surface area contributed by atoms with Gasteiger partial charge in [0.05, 0.1) is 0 Å². The summed E-state index contributed by atoms with van der Waals surface area (Å²) in [4.78, 5) is 0. The monoisotopic (exact) mass is 171 g/mol. The van der Waals surface area contributed by atoms with Crippen molar-refractivity contribution in [1.29, 1.82) is 0 Å². The van der Waals surface area contributed by atoms with E-state index < -0.39 is 6.23 Å². The van der Waals surface area contributed by atoms with Crippen molar-refractivity contribution in [2.24, 2.45) is 0 Å². The third kappa shape index (κ3) is 2.19. The van der Waals surface area contributed by atoms with Crippen molar-refractivity contribution >= 4 is 11.6 Å². The van der Waals surface area contributed by atoms with Crippen LogP contribution >= 0.6 is 11.6 Å². The summed E-state index contributed by atoms with van der Waals surface area (Å²) in [6, 6.07) is 7.06. The summed E-state index contributed by atoms with van der Waals surface area (Å²) in [6.07, 6.45) is -0.604. The zero-order valence-electron chi connectivity index (χ0n) is 6.21. The van der Waals surface area contributed by atoms with E-state index in [1.54, 1.807) is 31.3 Å². The molecule has 1 atom stereocenters. The van der Waals surface area contributed by atoms with Crippen molar-refractivity contribution in [3.05, 3.63) is 34.9 Å². The first-order valence-electron chi connectivity index (χ1n) is 3.35. The first-order chi connectivity index (χ1) is 5.24. The van der Waals surface area contributed by atoms with Crippen molar-refractivity contribution < 1.29 is 5.11 Å². The molecule has 1 unspecified atom stereocenters. The molecule has 2 nitrogen and oxygen atoms in total. The van der Waals surface area contributed by atoms with Crippen LogP contribution in [0.15, 0.2) is 24.3 Å². The Kier molecular flexibility index (Phi) is 2.88.